The second kappa shape index (κ2) is 8.00. The van der Waals surface area contributed by atoms with Gasteiger partial charge in [0.2, 0.25) is 0 Å². The van der Waals surface area contributed by atoms with Gasteiger partial charge >= 0.3 is 0 Å². The highest BCUT2D eigenvalue weighted by atomic mass is 79.9. The van der Waals surface area contributed by atoms with Gasteiger partial charge < -0.3 is 10.1 Å². The van der Waals surface area contributed by atoms with E-state index in [9.17, 15) is 10.1 Å². The molecule has 2 aromatic carbocycles. The summed E-state index contributed by atoms with van der Waals surface area (Å²) in [5.41, 5.74) is 1.99. The molecule has 0 spiro atoms. The first-order chi connectivity index (χ1) is 11.4. The van der Waals surface area contributed by atoms with Gasteiger partial charge in [0, 0.05) is 15.6 Å². The van der Waals surface area contributed by atoms with E-state index in [1.54, 1.807) is 12.1 Å². The molecule has 0 aromatic heterocycles. The molecule has 0 aliphatic carbocycles. The van der Waals surface area contributed by atoms with Gasteiger partial charge in [-0.15, -0.1) is 0 Å². The molecule has 24 heavy (non-hydrogen) atoms. The lowest BCUT2D eigenvalue weighted by atomic mass is 10.1. The lowest BCUT2D eigenvalue weighted by Crippen LogP contribution is -2.14. The maximum Gasteiger partial charge on any atom is 0.266 e. The zero-order valence-electron chi connectivity index (χ0n) is 13.1. The van der Waals surface area contributed by atoms with Gasteiger partial charge in [0.1, 0.15) is 17.4 Å². The van der Waals surface area contributed by atoms with Crippen molar-refractivity contribution in [2.24, 2.45) is 0 Å². The molecule has 122 valence electrons. The standard InChI is InChI=1S/C18H14BrClN2O2/c1-11-6-16(17(24-2)9-15(11)20)22-18(23)13(10-21)7-12-4-3-5-14(19)8-12/h3-9H,1-2H3,(H,22,23)/b13-7+. The van der Waals surface area contributed by atoms with Crippen LogP contribution in [0.25, 0.3) is 6.08 Å². The highest BCUT2D eigenvalue weighted by Gasteiger charge is 2.14. The summed E-state index contributed by atoms with van der Waals surface area (Å²) in [5.74, 6) is -0.0869. The van der Waals surface area contributed by atoms with Gasteiger partial charge in [-0.25, -0.2) is 0 Å². The van der Waals surface area contributed by atoms with E-state index in [2.05, 4.69) is 21.2 Å². The molecule has 0 aliphatic rings. The Bertz CT molecular complexity index is 857. The fraction of sp³-hybridized carbons (Fsp3) is 0.111. The van der Waals surface area contributed by atoms with Gasteiger partial charge in [-0.2, -0.15) is 5.26 Å². The van der Waals surface area contributed by atoms with Crippen LogP contribution in [0.3, 0.4) is 0 Å². The van der Waals surface area contributed by atoms with Crippen molar-refractivity contribution in [2.75, 3.05) is 12.4 Å². The Morgan fingerprint density at radius 1 is 1.38 bits per heavy atom. The molecule has 6 heteroatoms. The Labute approximate surface area is 153 Å². The molecule has 0 heterocycles. The number of ether oxygens (including phenoxy) is 1. The first-order valence-electron chi connectivity index (χ1n) is 6.97. The van der Waals surface area contributed by atoms with Crippen LogP contribution in [0.5, 0.6) is 5.75 Å². The number of benzene rings is 2. The van der Waals surface area contributed by atoms with Crippen molar-refractivity contribution in [1.29, 1.82) is 5.26 Å². The van der Waals surface area contributed by atoms with Crippen molar-refractivity contribution in [3.8, 4) is 11.8 Å². The molecule has 0 aliphatic heterocycles. The Kier molecular flexibility index (Phi) is 6.02. The highest BCUT2D eigenvalue weighted by Crippen LogP contribution is 2.31. The number of carbonyl (C=O) groups excluding carboxylic acids is 1. The monoisotopic (exact) mass is 404 g/mol. The predicted molar refractivity (Wildman–Crippen MR) is 99.1 cm³/mol. The van der Waals surface area contributed by atoms with Crippen LogP contribution in [0.1, 0.15) is 11.1 Å². The number of hydrogen-bond acceptors (Lipinski definition) is 3. The molecule has 1 N–H and O–H groups in total. The van der Waals surface area contributed by atoms with Crippen LogP contribution in [-0.2, 0) is 4.79 Å². The van der Waals surface area contributed by atoms with Crippen molar-refractivity contribution < 1.29 is 9.53 Å². The number of anilines is 1. The Morgan fingerprint density at radius 2 is 2.12 bits per heavy atom. The van der Waals surface area contributed by atoms with E-state index in [4.69, 9.17) is 16.3 Å². The zero-order valence-corrected chi connectivity index (χ0v) is 15.4. The maximum atomic E-state index is 12.4. The molecule has 0 bridgehead atoms. The van der Waals surface area contributed by atoms with Crippen molar-refractivity contribution in [2.45, 2.75) is 6.92 Å². The van der Waals surface area contributed by atoms with Gasteiger partial charge in [0.15, 0.2) is 0 Å². The molecule has 0 atom stereocenters. The maximum absolute atomic E-state index is 12.4. The van der Waals surface area contributed by atoms with Crippen LogP contribution in [-0.4, -0.2) is 13.0 Å². The number of rotatable bonds is 4. The number of carbonyl (C=O) groups is 1. The van der Waals surface area contributed by atoms with Crippen LogP contribution >= 0.6 is 27.5 Å². The SMILES string of the molecule is COc1cc(Cl)c(C)cc1NC(=O)/C(C#N)=C/c1cccc(Br)c1. The van der Waals surface area contributed by atoms with E-state index in [0.29, 0.717) is 16.5 Å². The Balaban J connectivity index is 2.31. The largest absolute Gasteiger partial charge is 0.495 e. The molecular formula is C18H14BrClN2O2. The number of methoxy groups -OCH3 is 1. The minimum absolute atomic E-state index is 0.0113. The van der Waals surface area contributed by atoms with E-state index in [1.807, 2.05) is 37.3 Å². The summed E-state index contributed by atoms with van der Waals surface area (Å²) < 4.78 is 6.09. The molecule has 2 rings (SSSR count). The quantitative estimate of drug-likeness (QED) is 0.577. The summed E-state index contributed by atoms with van der Waals surface area (Å²) in [7, 11) is 1.49. The Hall–Kier alpha value is -2.29. The fourth-order valence-electron chi connectivity index (χ4n) is 2.03. The normalized spacial score (nSPS) is 10.9. The van der Waals surface area contributed by atoms with Crippen molar-refractivity contribution in [1.82, 2.24) is 0 Å². The van der Waals surface area contributed by atoms with Gasteiger partial charge in [-0.05, 0) is 42.3 Å². The smallest absolute Gasteiger partial charge is 0.266 e. The second-order valence-corrected chi connectivity index (χ2v) is 6.30. The summed E-state index contributed by atoms with van der Waals surface area (Å²) in [6.07, 6.45) is 1.52. The predicted octanol–water partition coefficient (Wildman–Crippen LogP) is 4.97. The van der Waals surface area contributed by atoms with E-state index in [-0.39, 0.29) is 5.57 Å². The second-order valence-electron chi connectivity index (χ2n) is 4.98. The summed E-state index contributed by atoms with van der Waals surface area (Å²) in [6.45, 7) is 1.82. The summed E-state index contributed by atoms with van der Waals surface area (Å²) in [6, 6.07) is 12.6. The number of amides is 1. The third-order valence-corrected chi connectivity index (χ3v) is 4.15. The lowest BCUT2D eigenvalue weighted by Gasteiger charge is -2.12. The Morgan fingerprint density at radius 3 is 2.75 bits per heavy atom. The van der Waals surface area contributed by atoms with Crippen LogP contribution in [0.2, 0.25) is 5.02 Å². The highest BCUT2D eigenvalue weighted by molar-refractivity contribution is 9.10. The van der Waals surface area contributed by atoms with Crippen molar-refractivity contribution >= 4 is 45.2 Å². The van der Waals surface area contributed by atoms with Crippen molar-refractivity contribution in [3.05, 3.63) is 62.6 Å². The molecule has 1 amide bonds. The number of nitrogens with one attached hydrogen (secondary N) is 1. The minimum atomic E-state index is -0.516. The van der Waals surface area contributed by atoms with Gasteiger partial charge in [-0.3, -0.25) is 4.79 Å². The van der Waals surface area contributed by atoms with Crippen LogP contribution in [0, 0.1) is 18.3 Å². The fourth-order valence-corrected chi connectivity index (χ4v) is 2.60. The third-order valence-electron chi connectivity index (χ3n) is 3.25. The first-order valence-corrected chi connectivity index (χ1v) is 8.14. The summed E-state index contributed by atoms with van der Waals surface area (Å²) >= 11 is 9.41. The van der Waals surface area contributed by atoms with E-state index in [0.717, 1.165) is 15.6 Å². The van der Waals surface area contributed by atoms with E-state index in [1.165, 1.54) is 13.2 Å². The van der Waals surface area contributed by atoms with E-state index >= 15 is 0 Å². The summed E-state index contributed by atoms with van der Waals surface area (Å²) in [4.78, 5) is 12.4. The number of nitriles is 1. The lowest BCUT2D eigenvalue weighted by molar-refractivity contribution is -0.112. The molecular weight excluding hydrogens is 392 g/mol. The minimum Gasteiger partial charge on any atom is -0.495 e. The third kappa shape index (κ3) is 4.38. The van der Waals surface area contributed by atoms with Crippen LogP contribution in [0.4, 0.5) is 5.69 Å². The van der Waals surface area contributed by atoms with Gasteiger partial charge in [0.25, 0.3) is 5.91 Å². The van der Waals surface area contributed by atoms with E-state index < -0.39 is 5.91 Å². The van der Waals surface area contributed by atoms with Crippen molar-refractivity contribution in [3.63, 3.8) is 0 Å². The van der Waals surface area contributed by atoms with Gasteiger partial charge in [-0.1, -0.05) is 39.7 Å². The number of halogens is 2. The first kappa shape index (κ1) is 18.1. The molecule has 0 radical (unpaired) electrons. The molecule has 0 fully saturated rings. The number of nitrogens with zero attached hydrogens (tertiary/aromatic N) is 1. The average molecular weight is 406 g/mol. The topological polar surface area (TPSA) is 62.1 Å². The van der Waals surface area contributed by atoms with Gasteiger partial charge in [0.05, 0.1) is 12.8 Å². The zero-order chi connectivity index (χ0) is 17.7. The molecule has 0 saturated heterocycles. The van der Waals surface area contributed by atoms with Crippen LogP contribution < -0.4 is 10.1 Å². The molecule has 0 unspecified atom stereocenters. The number of hydrogen-bond donors (Lipinski definition) is 1. The molecule has 0 saturated carbocycles. The summed E-state index contributed by atoms with van der Waals surface area (Å²) in [5, 5.41) is 12.5. The average Bonchev–Trinajstić information content (AvgIpc) is 2.55. The van der Waals surface area contributed by atoms with Crippen LogP contribution in [0.15, 0.2) is 46.4 Å². The molecule has 2 aromatic rings. The molecule has 4 nitrogen and oxygen atoms in total. The number of aryl methyl sites for hydroxylation is 1.